The number of piperidine rings is 1. The molecule has 0 unspecified atom stereocenters. The van der Waals surface area contributed by atoms with Crippen LogP contribution >= 0.6 is 11.6 Å². The molecule has 1 fully saturated rings. The van der Waals surface area contributed by atoms with Crippen molar-refractivity contribution in [1.82, 2.24) is 15.1 Å². The molecule has 0 aromatic carbocycles. The van der Waals surface area contributed by atoms with Gasteiger partial charge in [-0.05, 0) is 51.3 Å². The molecule has 110 valence electrons. The van der Waals surface area contributed by atoms with E-state index in [1.165, 1.54) is 31.4 Å². The number of nitrogens with zero attached hydrogens (tertiary/aromatic N) is 4. The predicted molar refractivity (Wildman–Crippen MR) is 82.6 cm³/mol. The third kappa shape index (κ3) is 2.51. The minimum Gasteiger partial charge on any atom is -0.351 e. The van der Waals surface area contributed by atoms with Gasteiger partial charge in [-0.3, -0.25) is 0 Å². The van der Waals surface area contributed by atoms with E-state index >= 15 is 0 Å². The molecule has 0 radical (unpaired) electrons. The Labute approximate surface area is 126 Å². The number of hydrogen-bond donors (Lipinski definition) is 0. The van der Waals surface area contributed by atoms with Gasteiger partial charge in [-0.1, -0.05) is 18.5 Å². The van der Waals surface area contributed by atoms with Crippen LogP contribution in [0.4, 0.5) is 5.82 Å². The molecule has 0 bridgehead atoms. The molecule has 2 aliphatic rings. The summed E-state index contributed by atoms with van der Waals surface area (Å²) in [4.78, 5) is 5.02. The molecule has 0 N–H and O–H groups in total. The van der Waals surface area contributed by atoms with Crippen LogP contribution in [0.15, 0.2) is 0 Å². The summed E-state index contributed by atoms with van der Waals surface area (Å²) in [5.74, 6) is 1.08. The fraction of sp³-hybridized carbons (Fsp3) is 0.733. The summed E-state index contributed by atoms with van der Waals surface area (Å²) in [5, 5.41) is 9.11. The van der Waals surface area contributed by atoms with Gasteiger partial charge < -0.3 is 9.80 Å². The van der Waals surface area contributed by atoms with Gasteiger partial charge >= 0.3 is 0 Å². The van der Waals surface area contributed by atoms with Crippen molar-refractivity contribution in [2.45, 2.75) is 45.6 Å². The Bertz CT molecular complexity index is 491. The van der Waals surface area contributed by atoms with Crippen molar-refractivity contribution in [3.63, 3.8) is 0 Å². The van der Waals surface area contributed by atoms with Gasteiger partial charge in [-0.2, -0.15) is 0 Å². The number of fused-ring (bicyclic) bond motifs is 1. The summed E-state index contributed by atoms with van der Waals surface area (Å²) < 4.78 is 0. The zero-order chi connectivity index (χ0) is 14.1. The first-order valence-electron chi connectivity index (χ1n) is 7.71. The quantitative estimate of drug-likeness (QED) is 0.839. The Hall–Kier alpha value is -0.870. The van der Waals surface area contributed by atoms with Gasteiger partial charge in [0.15, 0.2) is 11.0 Å². The average Bonchev–Trinajstić information content (AvgIpc) is 2.50. The van der Waals surface area contributed by atoms with Crippen LogP contribution in [0, 0.1) is 6.92 Å². The Morgan fingerprint density at radius 3 is 2.90 bits per heavy atom. The molecular weight excluding hydrogens is 272 g/mol. The fourth-order valence-electron chi connectivity index (χ4n) is 3.51. The van der Waals surface area contributed by atoms with Gasteiger partial charge in [0.05, 0.1) is 0 Å². The molecule has 1 aromatic heterocycles. The molecule has 0 spiro atoms. The normalized spacial score (nSPS) is 23.8. The van der Waals surface area contributed by atoms with Crippen LogP contribution in [-0.4, -0.2) is 47.3 Å². The van der Waals surface area contributed by atoms with Crippen molar-refractivity contribution in [3.05, 3.63) is 16.3 Å². The van der Waals surface area contributed by atoms with Crippen LogP contribution in [-0.2, 0) is 6.42 Å². The third-order valence-electron chi connectivity index (χ3n) is 4.73. The highest BCUT2D eigenvalue weighted by Gasteiger charge is 2.30. The Balaban J connectivity index is 1.88. The molecule has 2 aliphatic heterocycles. The van der Waals surface area contributed by atoms with E-state index < -0.39 is 0 Å². The van der Waals surface area contributed by atoms with E-state index in [1.807, 2.05) is 0 Å². The summed E-state index contributed by atoms with van der Waals surface area (Å²) >= 11 is 6.12. The van der Waals surface area contributed by atoms with Crippen molar-refractivity contribution in [2.24, 2.45) is 0 Å². The molecule has 1 atom stereocenters. The Morgan fingerprint density at radius 1 is 1.25 bits per heavy atom. The minimum absolute atomic E-state index is 0.560. The number of rotatable bonds is 2. The van der Waals surface area contributed by atoms with E-state index in [4.69, 9.17) is 11.6 Å². The van der Waals surface area contributed by atoms with Gasteiger partial charge in [-0.25, -0.2) is 0 Å². The van der Waals surface area contributed by atoms with Gasteiger partial charge in [0.2, 0.25) is 0 Å². The van der Waals surface area contributed by atoms with E-state index in [9.17, 15) is 0 Å². The maximum atomic E-state index is 6.12. The highest BCUT2D eigenvalue weighted by atomic mass is 35.5. The van der Waals surface area contributed by atoms with Crippen LogP contribution in [0.25, 0.3) is 0 Å². The molecule has 0 aliphatic carbocycles. The number of likely N-dealkylation sites (tertiary alicyclic amines) is 1. The smallest absolute Gasteiger partial charge is 0.155 e. The molecule has 3 heterocycles. The predicted octanol–water partition coefficient (Wildman–Crippen LogP) is 2.68. The minimum atomic E-state index is 0.560. The summed E-state index contributed by atoms with van der Waals surface area (Å²) in [5.41, 5.74) is 2.43. The molecule has 5 heteroatoms. The maximum Gasteiger partial charge on any atom is 0.155 e. The molecule has 4 nitrogen and oxygen atoms in total. The van der Waals surface area contributed by atoms with Crippen LogP contribution in [0.1, 0.15) is 37.3 Å². The second-order valence-corrected chi connectivity index (χ2v) is 6.26. The van der Waals surface area contributed by atoms with Gasteiger partial charge in [0.1, 0.15) is 0 Å². The summed E-state index contributed by atoms with van der Waals surface area (Å²) in [6.45, 7) is 8.95. The summed E-state index contributed by atoms with van der Waals surface area (Å²) in [6.07, 6.45) is 4.82. The largest absolute Gasteiger partial charge is 0.351 e. The van der Waals surface area contributed by atoms with Crippen LogP contribution in [0.3, 0.4) is 0 Å². The van der Waals surface area contributed by atoms with E-state index in [-0.39, 0.29) is 0 Å². The standard InChI is InChI=1S/C15H23ClN4/c1-3-19-8-4-6-12(10-19)20-9-5-7-13-11(2)14(16)17-18-15(13)20/h12H,3-10H2,1-2H3/t12-/m1/s1. The lowest BCUT2D eigenvalue weighted by Crippen LogP contribution is -2.50. The first-order chi connectivity index (χ1) is 9.70. The van der Waals surface area contributed by atoms with E-state index in [0.717, 1.165) is 37.4 Å². The highest BCUT2D eigenvalue weighted by molar-refractivity contribution is 6.30. The SMILES string of the molecule is CCN1CCC[C@@H](N2CCCc3c2nnc(Cl)c3C)C1. The lowest BCUT2D eigenvalue weighted by molar-refractivity contribution is 0.211. The van der Waals surface area contributed by atoms with Gasteiger partial charge in [-0.15, -0.1) is 10.2 Å². The van der Waals surface area contributed by atoms with E-state index in [2.05, 4.69) is 33.8 Å². The van der Waals surface area contributed by atoms with Gasteiger partial charge in [0, 0.05) is 24.7 Å². The van der Waals surface area contributed by atoms with Crippen LogP contribution < -0.4 is 4.90 Å². The lowest BCUT2D eigenvalue weighted by Gasteiger charge is -2.42. The molecule has 0 amide bonds. The second kappa shape index (κ2) is 5.86. The average molecular weight is 295 g/mol. The Kier molecular flexibility index (Phi) is 4.13. The number of likely N-dealkylation sites (N-methyl/N-ethyl adjacent to an activating group) is 1. The molecular formula is C15H23ClN4. The highest BCUT2D eigenvalue weighted by Crippen LogP contribution is 2.32. The number of hydrogen-bond acceptors (Lipinski definition) is 4. The molecule has 20 heavy (non-hydrogen) atoms. The summed E-state index contributed by atoms with van der Waals surface area (Å²) in [7, 11) is 0. The molecule has 1 saturated heterocycles. The molecule has 3 rings (SSSR count). The maximum absolute atomic E-state index is 6.12. The second-order valence-electron chi connectivity index (χ2n) is 5.90. The van der Waals surface area contributed by atoms with Crippen LogP contribution in [0.5, 0.6) is 0 Å². The van der Waals surface area contributed by atoms with Crippen LogP contribution in [0.2, 0.25) is 5.15 Å². The van der Waals surface area contributed by atoms with Crippen molar-refractivity contribution in [3.8, 4) is 0 Å². The fourth-order valence-corrected chi connectivity index (χ4v) is 3.66. The zero-order valence-electron chi connectivity index (χ0n) is 12.4. The van der Waals surface area contributed by atoms with Crippen molar-refractivity contribution < 1.29 is 0 Å². The number of aromatic nitrogens is 2. The first kappa shape index (κ1) is 14.1. The lowest BCUT2D eigenvalue weighted by atomic mass is 9.97. The number of anilines is 1. The monoisotopic (exact) mass is 294 g/mol. The van der Waals surface area contributed by atoms with E-state index in [0.29, 0.717) is 11.2 Å². The number of halogens is 1. The Morgan fingerprint density at radius 2 is 2.10 bits per heavy atom. The first-order valence-corrected chi connectivity index (χ1v) is 8.09. The van der Waals surface area contributed by atoms with Crippen molar-refractivity contribution in [1.29, 1.82) is 0 Å². The molecule has 0 saturated carbocycles. The molecule has 1 aromatic rings. The topological polar surface area (TPSA) is 32.3 Å². The van der Waals surface area contributed by atoms with Gasteiger partial charge in [0.25, 0.3) is 0 Å². The third-order valence-corrected chi connectivity index (χ3v) is 5.09. The zero-order valence-corrected chi connectivity index (χ0v) is 13.2. The van der Waals surface area contributed by atoms with E-state index in [1.54, 1.807) is 0 Å². The van der Waals surface area contributed by atoms with Crippen molar-refractivity contribution in [2.75, 3.05) is 31.1 Å². The van der Waals surface area contributed by atoms with Crippen molar-refractivity contribution >= 4 is 17.4 Å². The summed E-state index contributed by atoms with van der Waals surface area (Å²) in [6, 6.07) is 0.581.